The fourth-order valence-electron chi connectivity index (χ4n) is 2.14. The predicted molar refractivity (Wildman–Crippen MR) is 78.9 cm³/mol. The molecule has 0 saturated heterocycles. The summed E-state index contributed by atoms with van der Waals surface area (Å²) < 4.78 is 0. The zero-order valence-corrected chi connectivity index (χ0v) is 11.7. The minimum atomic E-state index is -0.0240. The van der Waals surface area contributed by atoms with Crippen LogP contribution in [0.3, 0.4) is 0 Å². The molecule has 0 aromatic heterocycles. The van der Waals surface area contributed by atoms with Crippen LogP contribution in [-0.2, 0) is 11.4 Å². The molecule has 0 saturated carbocycles. The molecular formula is C16H18N2O2. The van der Waals surface area contributed by atoms with Crippen LogP contribution in [0.15, 0.2) is 48.5 Å². The molecule has 2 aromatic rings. The summed E-state index contributed by atoms with van der Waals surface area (Å²) in [6.07, 6.45) is 0. The monoisotopic (exact) mass is 270 g/mol. The first-order chi connectivity index (χ1) is 9.65. The normalized spacial score (nSPS) is 10.3. The highest BCUT2D eigenvalue weighted by Crippen LogP contribution is 2.28. The molecule has 4 heteroatoms. The van der Waals surface area contributed by atoms with Gasteiger partial charge in [0.05, 0.1) is 6.61 Å². The zero-order chi connectivity index (χ0) is 14.5. The van der Waals surface area contributed by atoms with E-state index in [4.69, 9.17) is 10.7 Å². The molecule has 104 valence electrons. The average Bonchev–Trinajstić information content (AvgIpc) is 2.47. The summed E-state index contributed by atoms with van der Waals surface area (Å²) in [7, 11) is 3.49. The lowest BCUT2D eigenvalue weighted by molar-refractivity contribution is 0.0828. The number of hydrogen-bond donors (Lipinski definition) is 1. The summed E-state index contributed by atoms with van der Waals surface area (Å²) >= 11 is 0. The maximum atomic E-state index is 12.3. The van der Waals surface area contributed by atoms with Gasteiger partial charge < -0.3 is 4.90 Å². The van der Waals surface area contributed by atoms with Gasteiger partial charge in [-0.1, -0.05) is 42.5 Å². The van der Waals surface area contributed by atoms with Crippen LogP contribution in [0.4, 0.5) is 0 Å². The molecule has 2 aromatic carbocycles. The fourth-order valence-corrected chi connectivity index (χ4v) is 2.14. The van der Waals surface area contributed by atoms with Gasteiger partial charge in [0.2, 0.25) is 0 Å². The van der Waals surface area contributed by atoms with E-state index < -0.39 is 0 Å². The second-order valence-electron chi connectivity index (χ2n) is 4.71. The van der Waals surface area contributed by atoms with Crippen molar-refractivity contribution < 1.29 is 9.63 Å². The Balaban J connectivity index is 2.56. The largest absolute Gasteiger partial charge is 0.345 e. The molecule has 20 heavy (non-hydrogen) atoms. The topological polar surface area (TPSA) is 55.6 Å². The summed E-state index contributed by atoms with van der Waals surface area (Å²) in [5, 5.41) is 0. The van der Waals surface area contributed by atoms with Crippen LogP contribution < -0.4 is 5.90 Å². The smallest absolute Gasteiger partial charge is 0.253 e. The third-order valence-electron chi connectivity index (χ3n) is 3.11. The Labute approximate surface area is 118 Å². The maximum absolute atomic E-state index is 12.3. The quantitative estimate of drug-likeness (QED) is 0.868. The van der Waals surface area contributed by atoms with E-state index in [1.54, 1.807) is 19.0 Å². The second-order valence-corrected chi connectivity index (χ2v) is 4.71. The van der Waals surface area contributed by atoms with Crippen molar-refractivity contribution in [3.63, 3.8) is 0 Å². The number of benzene rings is 2. The Kier molecular flexibility index (Phi) is 4.50. The summed E-state index contributed by atoms with van der Waals surface area (Å²) in [5.74, 6) is 5.15. The third-order valence-corrected chi connectivity index (χ3v) is 3.11. The molecule has 0 radical (unpaired) electrons. The van der Waals surface area contributed by atoms with Crippen molar-refractivity contribution >= 4 is 5.91 Å². The number of carbonyl (C=O) groups excluding carboxylic acids is 1. The zero-order valence-electron chi connectivity index (χ0n) is 11.7. The van der Waals surface area contributed by atoms with E-state index in [0.717, 1.165) is 16.7 Å². The van der Waals surface area contributed by atoms with Crippen molar-refractivity contribution in [1.29, 1.82) is 0 Å². The molecular weight excluding hydrogens is 252 g/mol. The van der Waals surface area contributed by atoms with Gasteiger partial charge in [-0.15, -0.1) is 0 Å². The number of nitrogens with zero attached hydrogens (tertiary/aromatic N) is 1. The van der Waals surface area contributed by atoms with E-state index in [2.05, 4.69) is 0 Å². The molecule has 0 aliphatic rings. The van der Waals surface area contributed by atoms with Gasteiger partial charge in [0.15, 0.2) is 0 Å². The standard InChI is InChI=1S/C16H18N2O2/c1-18(2)16(19)15-10-6-5-9-14(15)13-8-4-3-7-12(13)11-20-17/h3-10H,11,17H2,1-2H3. The van der Waals surface area contributed by atoms with E-state index in [0.29, 0.717) is 12.2 Å². The molecule has 0 heterocycles. The van der Waals surface area contributed by atoms with Gasteiger partial charge in [0, 0.05) is 19.7 Å². The molecule has 0 aliphatic carbocycles. The van der Waals surface area contributed by atoms with Crippen LogP contribution in [0.5, 0.6) is 0 Å². The Bertz CT molecular complexity index is 609. The number of hydrogen-bond acceptors (Lipinski definition) is 3. The van der Waals surface area contributed by atoms with Crippen LogP contribution in [0.1, 0.15) is 15.9 Å². The van der Waals surface area contributed by atoms with Crippen molar-refractivity contribution in [2.75, 3.05) is 14.1 Å². The SMILES string of the molecule is CN(C)C(=O)c1ccccc1-c1ccccc1CON. The summed E-state index contributed by atoms with van der Waals surface area (Å²) in [4.78, 5) is 18.6. The molecule has 0 bridgehead atoms. The number of nitrogens with two attached hydrogens (primary N) is 1. The predicted octanol–water partition coefficient (Wildman–Crippen LogP) is 2.45. The van der Waals surface area contributed by atoms with Crippen LogP contribution in [0, 0.1) is 0 Å². The van der Waals surface area contributed by atoms with Gasteiger partial charge in [-0.25, -0.2) is 5.90 Å². The van der Waals surface area contributed by atoms with E-state index in [1.807, 2.05) is 48.5 Å². The molecule has 0 aliphatic heterocycles. The third kappa shape index (κ3) is 2.87. The first kappa shape index (κ1) is 14.2. The highest BCUT2D eigenvalue weighted by atomic mass is 16.6. The first-order valence-corrected chi connectivity index (χ1v) is 6.35. The lowest BCUT2D eigenvalue weighted by Gasteiger charge is -2.16. The minimum absolute atomic E-state index is 0.0240. The molecule has 0 atom stereocenters. The Hall–Kier alpha value is -2.17. The van der Waals surface area contributed by atoms with Crippen molar-refractivity contribution in [2.24, 2.45) is 5.90 Å². The highest BCUT2D eigenvalue weighted by molar-refractivity contribution is 6.00. The van der Waals surface area contributed by atoms with Gasteiger partial charge in [-0.2, -0.15) is 0 Å². The van der Waals surface area contributed by atoms with Crippen molar-refractivity contribution in [2.45, 2.75) is 6.61 Å². The molecule has 2 rings (SSSR count). The molecule has 4 nitrogen and oxygen atoms in total. The average molecular weight is 270 g/mol. The molecule has 0 spiro atoms. The van der Waals surface area contributed by atoms with Crippen molar-refractivity contribution in [3.05, 3.63) is 59.7 Å². The highest BCUT2D eigenvalue weighted by Gasteiger charge is 2.15. The molecule has 0 unspecified atom stereocenters. The molecule has 2 N–H and O–H groups in total. The van der Waals surface area contributed by atoms with Crippen molar-refractivity contribution in [3.8, 4) is 11.1 Å². The van der Waals surface area contributed by atoms with Crippen LogP contribution in [0.25, 0.3) is 11.1 Å². The first-order valence-electron chi connectivity index (χ1n) is 6.35. The van der Waals surface area contributed by atoms with Crippen LogP contribution >= 0.6 is 0 Å². The van der Waals surface area contributed by atoms with Crippen LogP contribution in [0.2, 0.25) is 0 Å². The van der Waals surface area contributed by atoms with E-state index in [9.17, 15) is 4.79 Å². The summed E-state index contributed by atoms with van der Waals surface area (Å²) in [6, 6.07) is 15.3. The number of amides is 1. The Morgan fingerprint density at radius 1 is 1.05 bits per heavy atom. The lowest BCUT2D eigenvalue weighted by Crippen LogP contribution is -2.22. The molecule has 0 fully saturated rings. The van der Waals surface area contributed by atoms with Gasteiger partial charge in [-0.05, 0) is 22.8 Å². The van der Waals surface area contributed by atoms with E-state index >= 15 is 0 Å². The second kappa shape index (κ2) is 6.32. The van der Waals surface area contributed by atoms with Crippen molar-refractivity contribution in [1.82, 2.24) is 4.90 Å². The Morgan fingerprint density at radius 3 is 2.30 bits per heavy atom. The fraction of sp³-hybridized carbons (Fsp3) is 0.188. The molecule has 1 amide bonds. The number of carbonyl (C=O) groups is 1. The Morgan fingerprint density at radius 2 is 1.65 bits per heavy atom. The maximum Gasteiger partial charge on any atom is 0.253 e. The van der Waals surface area contributed by atoms with Gasteiger partial charge in [0.1, 0.15) is 0 Å². The van der Waals surface area contributed by atoms with E-state index in [-0.39, 0.29) is 5.91 Å². The van der Waals surface area contributed by atoms with E-state index in [1.165, 1.54) is 0 Å². The van der Waals surface area contributed by atoms with Gasteiger partial charge >= 0.3 is 0 Å². The summed E-state index contributed by atoms with van der Waals surface area (Å²) in [6.45, 7) is 0.306. The minimum Gasteiger partial charge on any atom is -0.345 e. The van der Waals surface area contributed by atoms with Gasteiger partial charge in [0.25, 0.3) is 5.91 Å². The summed E-state index contributed by atoms with van der Waals surface area (Å²) in [5.41, 5.74) is 3.47. The number of rotatable bonds is 4. The van der Waals surface area contributed by atoms with Gasteiger partial charge in [-0.3, -0.25) is 9.63 Å². The van der Waals surface area contributed by atoms with Crippen LogP contribution in [-0.4, -0.2) is 24.9 Å². The lowest BCUT2D eigenvalue weighted by atomic mass is 9.95.